The van der Waals surface area contributed by atoms with Crippen molar-refractivity contribution in [2.75, 3.05) is 20.8 Å². The van der Waals surface area contributed by atoms with Crippen LogP contribution in [-0.2, 0) is 14.3 Å². The Morgan fingerprint density at radius 3 is 2.43 bits per heavy atom. The van der Waals surface area contributed by atoms with Crippen LogP contribution in [0.15, 0.2) is 76.3 Å². The monoisotopic (exact) mass is 589 g/mol. The van der Waals surface area contributed by atoms with Crippen LogP contribution >= 0.6 is 12.6 Å². The summed E-state index contributed by atoms with van der Waals surface area (Å²) >= 11 is 4.44. The Morgan fingerprint density at radius 1 is 1.19 bits per heavy atom. The number of nitrogens with zero attached hydrogens (tertiary/aromatic N) is 1. The number of carbonyl (C=O) groups is 1. The van der Waals surface area contributed by atoms with Crippen molar-refractivity contribution in [3.63, 3.8) is 0 Å². The van der Waals surface area contributed by atoms with Crippen molar-refractivity contribution in [3.05, 3.63) is 93.0 Å². The number of hydrogen-bond donors (Lipinski definition) is 1. The smallest absolute Gasteiger partial charge is 0.164 e. The van der Waals surface area contributed by atoms with Gasteiger partial charge >= 0.3 is 0 Å². The summed E-state index contributed by atoms with van der Waals surface area (Å²) in [4.78, 5) is 14.1. The number of fused-ring (bicyclic) bond motifs is 1. The number of aromatic nitrogens is 1. The average Bonchev–Trinajstić information content (AvgIpc) is 2.97. The van der Waals surface area contributed by atoms with Gasteiger partial charge in [-0.1, -0.05) is 49.4 Å². The number of pyridine rings is 1. The zero-order chi connectivity index (χ0) is 31.9. The number of thiol groups is 1. The third-order valence-corrected chi connectivity index (χ3v) is 6.42. The van der Waals surface area contributed by atoms with E-state index in [9.17, 15) is 0 Å². The molecule has 1 aromatic heterocycles. The first-order valence-corrected chi connectivity index (χ1v) is 14.4. The highest BCUT2D eigenvalue weighted by Gasteiger charge is 2.06. The maximum Gasteiger partial charge on any atom is 0.164 e. The van der Waals surface area contributed by atoms with Gasteiger partial charge in [0, 0.05) is 28.8 Å². The molecule has 5 nitrogen and oxygen atoms in total. The molecule has 2 aromatic rings. The largest absolute Gasteiger partial charge is 0.497 e. The van der Waals surface area contributed by atoms with Crippen LogP contribution in [0.4, 0.5) is 0 Å². The van der Waals surface area contributed by atoms with E-state index in [1.165, 1.54) is 18.1 Å². The number of carbonyl (C=O) groups excluding carboxylic acids is 1. The molecule has 1 heterocycles. The predicted molar refractivity (Wildman–Crippen MR) is 179 cm³/mol. The first kappa shape index (κ1) is 38.1. The third-order valence-electron chi connectivity index (χ3n) is 5.94. The van der Waals surface area contributed by atoms with E-state index in [0.717, 1.165) is 57.2 Å². The molecule has 0 N–H and O–H groups in total. The number of allylic oxidation sites excluding steroid dienone is 4. The number of terminal acetylenes is 1. The van der Waals surface area contributed by atoms with E-state index >= 15 is 0 Å². The summed E-state index contributed by atoms with van der Waals surface area (Å²) in [5.41, 5.74) is 8.05. The molecule has 226 valence electrons. The Bertz CT molecular complexity index is 1420. The minimum atomic E-state index is 0.627. The van der Waals surface area contributed by atoms with E-state index in [4.69, 9.17) is 19.0 Å². The number of methoxy groups -OCH3 is 2. The van der Waals surface area contributed by atoms with Crippen LogP contribution in [0.1, 0.15) is 65.0 Å². The summed E-state index contributed by atoms with van der Waals surface area (Å²) in [7, 11) is 3.26. The summed E-state index contributed by atoms with van der Waals surface area (Å²) in [5.74, 6) is 4.69. The second kappa shape index (κ2) is 22.7. The van der Waals surface area contributed by atoms with Gasteiger partial charge in [-0.25, -0.2) is 4.98 Å². The van der Waals surface area contributed by atoms with Crippen LogP contribution in [0.5, 0.6) is 5.75 Å². The topological polar surface area (TPSA) is 57.7 Å². The fourth-order valence-electron chi connectivity index (χ4n) is 3.46. The van der Waals surface area contributed by atoms with E-state index in [1.807, 2.05) is 12.1 Å². The lowest BCUT2D eigenvalue weighted by Gasteiger charge is -2.13. The summed E-state index contributed by atoms with van der Waals surface area (Å²) in [6.45, 7) is 14.3. The SMILES string of the molecule is C#CC.CC/C=C\C(COc1cc(C)c(S)cc1C)=C(\C)CC.CC=O.CO/C1=C(\OC)C/C=c2/cccnc2=C=C1. The van der Waals surface area contributed by atoms with Gasteiger partial charge in [0.1, 0.15) is 29.8 Å². The van der Waals surface area contributed by atoms with Gasteiger partial charge in [0.25, 0.3) is 0 Å². The van der Waals surface area contributed by atoms with Crippen molar-refractivity contribution in [2.24, 2.45) is 0 Å². The predicted octanol–water partition coefficient (Wildman–Crippen LogP) is 7.21. The lowest BCUT2D eigenvalue weighted by atomic mass is 10.1. The standard InChI is InChI=1S/C18H26OS.C13H13NO2.C3H4.C2H4O/c1-6-8-9-16(13(3)7-2)12-19-17-10-15(5)18(20)11-14(17)4;1-15-12-7-5-10-4-3-9-14-11(10)6-8-13(12)16-2;1-3-2;1-2-3/h8-11,20H,6-7,12H2,1-5H3;3-5,8-9H,7H2,1-2H3;1H,2H3;2H,1H3/b9-8-,16-13+;10-5-,13-12-;;. The molecule has 1 aromatic carbocycles. The van der Waals surface area contributed by atoms with Crippen LogP contribution in [0, 0.1) is 26.2 Å². The van der Waals surface area contributed by atoms with Gasteiger partial charge in [0.15, 0.2) is 5.76 Å². The van der Waals surface area contributed by atoms with Crippen LogP contribution in [0.2, 0.25) is 0 Å². The second-order valence-corrected chi connectivity index (χ2v) is 9.50. The van der Waals surface area contributed by atoms with Gasteiger partial charge in [0.05, 0.1) is 14.2 Å². The Morgan fingerprint density at radius 2 is 1.86 bits per heavy atom. The summed E-state index contributed by atoms with van der Waals surface area (Å²) in [5, 5.41) is 1.88. The molecule has 0 amide bonds. The lowest BCUT2D eigenvalue weighted by Crippen LogP contribution is -2.26. The van der Waals surface area contributed by atoms with Crippen molar-refractivity contribution in [3.8, 4) is 18.1 Å². The van der Waals surface area contributed by atoms with Gasteiger partial charge in [-0.15, -0.1) is 25.0 Å². The maximum absolute atomic E-state index is 8.81. The van der Waals surface area contributed by atoms with Crippen molar-refractivity contribution < 1.29 is 19.0 Å². The minimum absolute atomic E-state index is 0.627. The van der Waals surface area contributed by atoms with Gasteiger partial charge in [-0.2, -0.15) is 0 Å². The number of aldehydes is 1. The molecule has 0 spiro atoms. The van der Waals surface area contributed by atoms with E-state index in [2.05, 4.69) is 101 Å². The third kappa shape index (κ3) is 14.1. The van der Waals surface area contributed by atoms with Gasteiger partial charge in [-0.05, 0) is 82.4 Å². The molecule has 0 aliphatic heterocycles. The number of hydrogen-bond acceptors (Lipinski definition) is 6. The molecule has 0 unspecified atom stereocenters. The van der Waals surface area contributed by atoms with Crippen molar-refractivity contribution in [1.82, 2.24) is 4.98 Å². The highest BCUT2D eigenvalue weighted by Crippen LogP contribution is 2.26. The molecule has 0 saturated carbocycles. The van der Waals surface area contributed by atoms with E-state index in [1.54, 1.807) is 33.4 Å². The first-order valence-electron chi connectivity index (χ1n) is 13.9. The highest BCUT2D eigenvalue weighted by molar-refractivity contribution is 7.80. The summed E-state index contributed by atoms with van der Waals surface area (Å²) in [6, 6.07) is 8.05. The Labute approximate surface area is 258 Å². The molecule has 1 aliphatic carbocycles. The Balaban J connectivity index is 0.000000683. The maximum atomic E-state index is 8.81. The summed E-state index contributed by atoms with van der Waals surface area (Å²) < 4.78 is 16.5. The molecular weight excluding hydrogens is 542 g/mol. The molecule has 6 heteroatoms. The number of benzene rings is 1. The quantitative estimate of drug-likeness (QED) is 0.153. The number of rotatable bonds is 8. The molecule has 3 rings (SSSR count). The van der Waals surface area contributed by atoms with E-state index < -0.39 is 0 Å². The van der Waals surface area contributed by atoms with Crippen LogP contribution in [0.25, 0.3) is 11.8 Å². The van der Waals surface area contributed by atoms with E-state index in [0.29, 0.717) is 18.8 Å². The normalized spacial score (nSPS) is 14.5. The first-order chi connectivity index (χ1) is 20.2. The van der Waals surface area contributed by atoms with Crippen molar-refractivity contribution >= 4 is 30.7 Å². The molecule has 0 atom stereocenters. The molecule has 0 fully saturated rings. The molecule has 0 radical (unpaired) electrons. The van der Waals surface area contributed by atoms with Crippen molar-refractivity contribution in [2.45, 2.75) is 72.6 Å². The van der Waals surface area contributed by atoms with Gasteiger partial charge in [0.2, 0.25) is 0 Å². The van der Waals surface area contributed by atoms with Crippen LogP contribution in [-0.4, -0.2) is 32.1 Å². The molecular formula is C36H47NO4S. The number of aryl methyl sites for hydroxylation is 2. The minimum Gasteiger partial charge on any atom is -0.497 e. The second-order valence-electron chi connectivity index (χ2n) is 9.02. The highest BCUT2D eigenvalue weighted by atomic mass is 32.1. The molecule has 0 saturated heterocycles. The zero-order valence-corrected chi connectivity index (χ0v) is 27.6. The van der Waals surface area contributed by atoms with Crippen molar-refractivity contribution in [1.29, 1.82) is 0 Å². The molecule has 42 heavy (non-hydrogen) atoms. The summed E-state index contributed by atoms with van der Waals surface area (Å²) in [6.07, 6.45) is 18.1. The van der Waals surface area contributed by atoms with Crippen LogP contribution in [0.3, 0.4) is 0 Å². The molecule has 1 aliphatic rings. The molecule has 0 bridgehead atoms. The van der Waals surface area contributed by atoms with Crippen LogP contribution < -0.4 is 15.3 Å². The Hall–Kier alpha value is -3.91. The average molecular weight is 590 g/mol. The lowest BCUT2D eigenvalue weighted by molar-refractivity contribution is -0.106. The number of ether oxygens (including phenoxy) is 3. The fourth-order valence-corrected chi connectivity index (χ4v) is 3.72. The fraction of sp³-hybridized carbons (Fsp3) is 0.361. The van der Waals surface area contributed by atoms with E-state index in [-0.39, 0.29) is 0 Å². The Kier molecular flexibility index (Phi) is 20.6. The van der Waals surface area contributed by atoms with Gasteiger partial charge < -0.3 is 19.0 Å². The van der Waals surface area contributed by atoms with Gasteiger partial charge in [-0.3, -0.25) is 0 Å². The zero-order valence-electron chi connectivity index (χ0n) is 26.7.